The average molecular weight is 324 g/mol. The molecule has 0 spiro atoms. The summed E-state index contributed by atoms with van der Waals surface area (Å²) >= 11 is 13.7. The number of hydrogen-bond donors (Lipinski definition) is 2. The fourth-order valence-electron chi connectivity index (χ4n) is 1.95. The first-order valence-electron chi connectivity index (χ1n) is 5.91. The first-order valence-corrected chi connectivity index (χ1v) is 7.49. The highest BCUT2D eigenvalue weighted by atomic mass is 35.5. The number of fused-ring (bicyclic) bond motifs is 1. The van der Waals surface area contributed by atoms with Crippen molar-refractivity contribution >= 4 is 61.8 Å². The topological polar surface area (TPSA) is 50.9 Å². The Kier molecular flexibility index (Phi) is 3.46. The monoisotopic (exact) mass is 323 g/mol. The summed E-state index contributed by atoms with van der Waals surface area (Å²) in [4.78, 5) is 4.46. The molecule has 3 aromatic rings. The maximum absolute atomic E-state index is 6.15. The van der Waals surface area contributed by atoms with E-state index in [0.717, 1.165) is 26.6 Å². The van der Waals surface area contributed by atoms with Crippen LogP contribution < -0.4 is 11.1 Å². The molecule has 2 aromatic carbocycles. The molecule has 3 nitrogen and oxygen atoms in total. The van der Waals surface area contributed by atoms with Crippen molar-refractivity contribution in [3.8, 4) is 0 Å². The van der Waals surface area contributed by atoms with Gasteiger partial charge >= 0.3 is 0 Å². The SMILES string of the molecule is Cc1nc2cc(Nc3cc(Cl)ccc3Cl)c(N)cc2s1. The smallest absolute Gasteiger partial charge is 0.0907 e. The number of nitrogens with one attached hydrogen (secondary N) is 1. The zero-order chi connectivity index (χ0) is 14.3. The summed E-state index contributed by atoms with van der Waals surface area (Å²) in [6, 6.07) is 9.09. The summed E-state index contributed by atoms with van der Waals surface area (Å²) in [6.45, 7) is 1.97. The van der Waals surface area contributed by atoms with Gasteiger partial charge in [-0.2, -0.15) is 0 Å². The zero-order valence-corrected chi connectivity index (χ0v) is 12.9. The van der Waals surface area contributed by atoms with Crippen molar-refractivity contribution in [1.82, 2.24) is 4.98 Å². The van der Waals surface area contributed by atoms with E-state index < -0.39 is 0 Å². The summed E-state index contributed by atoms with van der Waals surface area (Å²) in [5.74, 6) is 0. The van der Waals surface area contributed by atoms with E-state index in [4.69, 9.17) is 28.9 Å². The molecular weight excluding hydrogens is 313 g/mol. The summed E-state index contributed by atoms with van der Waals surface area (Å²) in [6.07, 6.45) is 0. The maximum atomic E-state index is 6.15. The third-order valence-corrected chi connectivity index (χ3v) is 4.36. The fraction of sp³-hybridized carbons (Fsp3) is 0.0714. The molecule has 0 aliphatic heterocycles. The van der Waals surface area contributed by atoms with Gasteiger partial charge in [0.2, 0.25) is 0 Å². The Balaban J connectivity index is 2.05. The Morgan fingerprint density at radius 2 is 1.95 bits per heavy atom. The average Bonchev–Trinajstić information content (AvgIpc) is 2.73. The number of aryl methyl sites for hydroxylation is 1. The van der Waals surface area contributed by atoms with Gasteiger partial charge in [-0.05, 0) is 37.3 Å². The largest absolute Gasteiger partial charge is 0.397 e. The van der Waals surface area contributed by atoms with Crippen molar-refractivity contribution in [2.24, 2.45) is 0 Å². The van der Waals surface area contributed by atoms with Crippen molar-refractivity contribution in [2.75, 3.05) is 11.1 Å². The van der Waals surface area contributed by atoms with Crippen LogP contribution in [0.4, 0.5) is 17.1 Å². The van der Waals surface area contributed by atoms with E-state index >= 15 is 0 Å². The molecule has 0 aliphatic carbocycles. The van der Waals surface area contributed by atoms with E-state index in [1.165, 1.54) is 0 Å². The van der Waals surface area contributed by atoms with Crippen molar-refractivity contribution in [2.45, 2.75) is 6.92 Å². The maximum Gasteiger partial charge on any atom is 0.0907 e. The van der Waals surface area contributed by atoms with E-state index in [1.54, 1.807) is 29.5 Å². The predicted octanol–water partition coefficient (Wildman–Crippen LogP) is 5.24. The standard InChI is InChI=1S/C14H11Cl2N3S/c1-7-18-13-6-12(10(17)5-14(13)20-7)19-11-4-8(15)2-3-9(11)16/h2-6,19H,17H2,1H3. The highest BCUT2D eigenvalue weighted by molar-refractivity contribution is 7.18. The van der Waals surface area contributed by atoms with Crippen LogP contribution in [0.25, 0.3) is 10.2 Å². The lowest BCUT2D eigenvalue weighted by atomic mass is 10.2. The summed E-state index contributed by atoms with van der Waals surface area (Å²) in [7, 11) is 0. The highest BCUT2D eigenvalue weighted by Crippen LogP contribution is 2.34. The lowest BCUT2D eigenvalue weighted by molar-refractivity contribution is 1.35. The van der Waals surface area contributed by atoms with Gasteiger partial charge in [0.05, 0.1) is 37.3 Å². The second kappa shape index (κ2) is 5.13. The first-order chi connectivity index (χ1) is 9.52. The number of hydrogen-bond acceptors (Lipinski definition) is 4. The molecule has 0 saturated heterocycles. The van der Waals surface area contributed by atoms with Crippen LogP contribution in [0.1, 0.15) is 5.01 Å². The van der Waals surface area contributed by atoms with Crippen LogP contribution in [0.3, 0.4) is 0 Å². The van der Waals surface area contributed by atoms with Crippen LogP contribution in [0.15, 0.2) is 30.3 Å². The minimum absolute atomic E-state index is 0.586. The zero-order valence-electron chi connectivity index (χ0n) is 10.6. The molecular formula is C14H11Cl2N3S. The molecule has 0 atom stereocenters. The molecule has 1 aromatic heterocycles. The van der Waals surface area contributed by atoms with E-state index in [0.29, 0.717) is 15.7 Å². The highest BCUT2D eigenvalue weighted by Gasteiger charge is 2.08. The lowest BCUT2D eigenvalue weighted by Crippen LogP contribution is -1.96. The molecule has 20 heavy (non-hydrogen) atoms. The van der Waals surface area contributed by atoms with Gasteiger partial charge in [-0.15, -0.1) is 11.3 Å². The van der Waals surface area contributed by atoms with E-state index in [9.17, 15) is 0 Å². The minimum atomic E-state index is 0.586. The Hall–Kier alpha value is -1.49. The van der Waals surface area contributed by atoms with Crippen LogP contribution >= 0.6 is 34.5 Å². The molecule has 102 valence electrons. The van der Waals surface area contributed by atoms with Gasteiger partial charge in [-0.3, -0.25) is 0 Å². The molecule has 3 rings (SSSR count). The number of rotatable bonds is 2. The fourth-order valence-corrected chi connectivity index (χ4v) is 3.15. The van der Waals surface area contributed by atoms with Crippen LogP contribution in [0.2, 0.25) is 10.0 Å². The minimum Gasteiger partial charge on any atom is -0.397 e. The molecule has 0 aliphatic rings. The van der Waals surface area contributed by atoms with Gasteiger partial charge in [0, 0.05) is 5.02 Å². The van der Waals surface area contributed by atoms with Gasteiger partial charge < -0.3 is 11.1 Å². The number of benzene rings is 2. The van der Waals surface area contributed by atoms with Crippen molar-refractivity contribution in [3.05, 3.63) is 45.4 Å². The van der Waals surface area contributed by atoms with Gasteiger partial charge in [-0.25, -0.2) is 4.98 Å². The van der Waals surface area contributed by atoms with E-state index in [-0.39, 0.29) is 0 Å². The van der Waals surface area contributed by atoms with Crippen LogP contribution in [0.5, 0.6) is 0 Å². The van der Waals surface area contributed by atoms with Crippen molar-refractivity contribution < 1.29 is 0 Å². The molecule has 0 bridgehead atoms. The lowest BCUT2D eigenvalue weighted by Gasteiger charge is -2.11. The normalized spacial score (nSPS) is 10.9. The Labute approximate surface area is 130 Å². The molecule has 0 saturated carbocycles. The van der Waals surface area contributed by atoms with Gasteiger partial charge in [0.15, 0.2) is 0 Å². The molecule has 0 fully saturated rings. The third-order valence-electron chi connectivity index (χ3n) is 2.86. The molecule has 0 amide bonds. The number of nitrogen functional groups attached to an aromatic ring is 1. The molecule has 3 N–H and O–H groups in total. The van der Waals surface area contributed by atoms with Gasteiger partial charge in [-0.1, -0.05) is 23.2 Å². The van der Waals surface area contributed by atoms with Gasteiger partial charge in [0.1, 0.15) is 0 Å². The predicted molar refractivity (Wildman–Crippen MR) is 88.5 cm³/mol. The number of halogens is 2. The van der Waals surface area contributed by atoms with Crippen molar-refractivity contribution in [1.29, 1.82) is 0 Å². The first kappa shape index (κ1) is 13.5. The molecule has 1 heterocycles. The number of nitrogens with zero attached hydrogens (tertiary/aromatic N) is 1. The summed E-state index contributed by atoms with van der Waals surface area (Å²) in [5, 5.41) is 5.42. The van der Waals surface area contributed by atoms with E-state index in [1.807, 2.05) is 19.1 Å². The Morgan fingerprint density at radius 3 is 2.75 bits per heavy atom. The van der Waals surface area contributed by atoms with Crippen LogP contribution in [-0.4, -0.2) is 4.98 Å². The number of anilines is 3. The quantitative estimate of drug-likeness (QED) is 0.634. The Bertz CT molecular complexity index is 798. The number of aromatic nitrogens is 1. The molecule has 6 heteroatoms. The second-order valence-corrected chi connectivity index (χ2v) is 6.47. The van der Waals surface area contributed by atoms with Crippen molar-refractivity contribution in [3.63, 3.8) is 0 Å². The molecule has 0 unspecified atom stereocenters. The third kappa shape index (κ3) is 2.54. The van der Waals surface area contributed by atoms with Gasteiger partial charge in [0.25, 0.3) is 0 Å². The van der Waals surface area contributed by atoms with Crippen LogP contribution in [-0.2, 0) is 0 Å². The number of nitrogens with two attached hydrogens (primary N) is 1. The van der Waals surface area contributed by atoms with Crippen LogP contribution in [0, 0.1) is 6.92 Å². The Morgan fingerprint density at radius 1 is 1.15 bits per heavy atom. The molecule has 0 radical (unpaired) electrons. The number of thiazole rings is 1. The summed E-state index contributed by atoms with van der Waals surface area (Å²) in [5.41, 5.74) is 9.13. The van der Waals surface area contributed by atoms with E-state index in [2.05, 4.69) is 10.3 Å². The second-order valence-electron chi connectivity index (χ2n) is 4.39. The summed E-state index contributed by atoms with van der Waals surface area (Å²) < 4.78 is 1.07.